The molecular formula is C16H20F8N2O4. The lowest BCUT2D eigenvalue weighted by molar-refractivity contribution is -0.124. The van der Waals surface area contributed by atoms with Crippen molar-refractivity contribution in [1.29, 1.82) is 0 Å². The first-order valence-corrected chi connectivity index (χ1v) is 8.63. The summed E-state index contributed by atoms with van der Waals surface area (Å²) in [5, 5.41) is 3.05. The first-order valence-electron chi connectivity index (χ1n) is 8.63. The van der Waals surface area contributed by atoms with E-state index in [9.17, 15) is 44.7 Å². The van der Waals surface area contributed by atoms with Crippen molar-refractivity contribution in [3.63, 3.8) is 0 Å². The van der Waals surface area contributed by atoms with Crippen LogP contribution in [0.1, 0.15) is 12.8 Å². The molecule has 2 atom stereocenters. The van der Waals surface area contributed by atoms with Gasteiger partial charge in [-0.1, -0.05) is 12.2 Å². The SMILES string of the molecule is O=C(NCC(F)(F)C(F)F)OCC1C=CCC(COC(=O)NCC(F)(F)C(F)F)C1. The smallest absolute Gasteiger partial charge is 0.407 e. The van der Waals surface area contributed by atoms with Crippen LogP contribution in [0.4, 0.5) is 44.7 Å². The Labute approximate surface area is 165 Å². The monoisotopic (exact) mass is 456 g/mol. The predicted octanol–water partition coefficient (Wildman–Crippen LogP) is 3.82. The average Bonchev–Trinajstić information content (AvgIpc) is 2.67. The fourth-order valence-corrected chi connectivity index (χ4v) is 2.34. The van der Waals surface area contributed by atoms with Crippen LogP contribution in [-0.4, -0.2) is 63.2 Å². The minimum atomic E-state index is -4.40. The van der Waals surface area contributed by atoms with Gasteiger partial charge in [-0.2, -0.15) is 17.6 Å². The molecule has 0 aliphatic heterocycles. The Balaban J connectivity index is 2.30. The van der Waals surface area contributed by atoms with Crippen molar-refractivity contribution in [2.24, 2.45) is 11.8 Å². The maximum absolute atomic E-state index is 12.7. The van der Waals surface area contributed by atoms with Crippen molar-refractivity contribution in [1.82, 2.24) is 10.6 Å². The molecule has 0 saturated carbocycles. The van der Waals surface area contributed by atoms with Gasteiger partial charge < -0.3 is 20.1 Å². The summed E-state index contributed by atoms with van der Waals surface area (Å²) in [5.74, 6) is -9.50. The second kappa shape index (κ2) is 11.2. The Kier molecular flexibility index (Phi) is 9.62. The second-order valence-electron chi connectivity index (χ2n) is 6.55. The van der Waals surface area contributed by atoms with Gasteiger partial charge in [-0.05, 0) is 18.8 Å². The molecule has 0 aromatic heterocycles. The number of hydrogen-bond donors (Lipinski definition) is 2. The van der Waals surface area contributed by atoms with Crippen LogP contribution < -0.4 is 10.6 Å². The molecule has 1 aliphatic carbocycles. The van der Waals surface area contributed by atoms with Crippen LogP contribution in [0.25, 0.3) is 0 Å². The Morgan fingerprint density at radius 1 is 0.900 bits per heavy atom. The van der Waals surface area contributed by atoms with Gasteiger partial charge in [-0.3, -0.25) is 0 Å². The molecule has 1 rings (SSSR count). The zero-order chi connectivity index (χ0) is 22.9. The number of rotatable bonds is 10. The lowest BCUT2D eigenvalue weighted by Gasteiger charge is -2.24. The standard InChI is InChI=1S/C16H20F8N2O4/c17-11(18)15(21,22)7-25-13(27)29-5-9-2-1-3-10(4-9)6-30-14(28)26-8-16(23,24)12(19)20/h1-2,9-12H,3-8H2,(H,25,27)(H,26,28). The van der Waals surface area contributed by atoms with Crippen molar-refractivity contribution < 1.29 is 54.2 Å². The van der Waals surface area contributed by atoms with Gasteiger partial charge in [-0.15, -0.1) is 0 Å². The molecule has 0 spiro atoms. The van der Waals surface area contributed by atoms with E-state index in [1.54, 1.807) is 12.2 Å². The first kappa shape index (κ1) is 25.8. The Hall–Kier alpha value is -2.28. The molecule has 2 N–H and O–H groups in total. The number of nitrogens with one attached hydrogen (secondary N) is 2. The van der Waals surface area contributed by atoms with E-state index in [0.717, 1.165) is 0 Å². The van der Waals surface area contributed by atoms with Crippen LogP contribution in [0.5, 0.6) is 0 Å². The summed E-state index contributed by atoms with van der Waals surface area (Å²) in [6.45, 7) is -3.70. The summed E-state index contributed by atoms with van der Waals surface area (Å²) in [7, 11) is 0. The van der Waals surface area contributed by atoms with E-state index < -0.39 is 55.9 Å². The van der Waals surface area contributed by atoms with Crippen molar-refractivity contribution in [2.75, 3.05) is 26.3 Å². The van der Waals surface area contributed by atoms with Crippen LogP contribution in [0.3, 0.4) is 0 Å². The summed E-state index contributed by atoms with van der Waals surface area (Å²) in [4.78, 5) is 22.7. The molecule has 0 saturated heterocycles. The predicted molar refractivity (Wildman–Crippen MR) is 86.0 cm³/mol. The number of halogens is 8. The van der Waals surface area contributed by atoms with Crippen molar-refractivity contribution in [3.8, 4) is 0 Å². The molecule has 0 bridgehead atoms. The fourth-order valence-electron chi connectivity index (χ4n) is 2.34. The number of allylic oxidation sites excluding steroid dienone is 1. The van der Waals surface area contributed by atoms with E-state index in [4.69, 9.17) is 4.74 Å². The van der Waals surface area contributed by atoms with Crippen LogP contribution in [0.2, 0.25) is 0 Å². The molecule has 2 unspecified atom stereocenters. The topological polar surface area (TPSA) is 76.7 Å². The van der Waals surface area contributed by atoms with Crippen molar-refractivity contribution >= 4 is 12.2 Å². The largest absolute Gasteiger partial charge is 0.449 e. The normalized spacial score (nSPS) is 19.7. The minimum Gasteiger partial charge on any atom is -0.449 e. The molecule has 30 heavy (non-hydrogen) atoms. The number of carbonyl (C=O) groups is 2. The average molecular weight is 456 g/mol. The van der Waals surface area contributed by atoms with E-state index in [1.165, 1.54) is 10.6 Å². The Morgan fingerprint density at radius 2 is 1.37 bits per heavy atom. The quantitative estimate of drug-likeness (QED) is 0.387. The molecule has 0 radical (unpaired) electrons. The lowest BCUT2D eigenvalue weighted by Crippen LogP contribution is -2.42. The third kappa shape index (κ3) is 9.03. The molecule has 0 fully saturated rings. The summed E-state index contributed by atoms with van der Waals surface area (Å²) >= 11 is 0. The number of amides is 2. The van der Waals surface area contributed by atoms with E-state index in [1.807, 2.05) is 0 Å². The highest BCUT2D eigenvalue weighted by molar-refractivity contribution is 5.67. The van der Waals surface area contributed by atoms with E-state index in [-0.39, 0.29) is 19.1 Å². The van der Waals surface area contributed by atoms with E-state index in [2.05, 4.69) is 4.74 Å². The molecule has 14 heteroatoms. The lowest BCUT2D eigenvalue weighted by atomic mass is 9.87. The van der Waals surface area contributed by atoms with Crippen LogP contribution >= 0.6 is 0 Å². The zero-order valence-electron chi connectivity index (χ0n) is 15.4. The number of alkyl halides is 8. The minimum absolute atomic E-state index is 0.236. The summed E-state index contributed by atoms with van der Waals surface area (Å²) in [6.07, 6.45) is -6.50. The Morgan fingerprint density at radius 3 is 1.83 bits per heavy atom. The number of ether oxygens (including phenoxy) is 2. The maximum Gasteiger partial charge on any atom is 0.407 e. The molecule has 0 aromatic rings. The molecule has 1 aliphatic rings. The van der Waals surface area contributed by atoms with Gasteiger partial charge in [0, 0.05) is 5.92 Å². The van der Waals surface area contributed by atoms with Gasteiger partial charge in [0.05, 0.1) is 26.3 Å². The zero-order valence-corrected chi connectivity index (χ0v) is 15.4. The van der Waals surface area contributed by atoms with Crippen molar-refractivity contribution in [3.05, 3.63) is 12.2 Å². The van der Waals surface area contributed by atoms with Crippen LogP contribution in [0.15, 0.2) is 12.2 Å². The molecule has 0 heterocycles. The van der Waals surface area contributed by atoms with E-state index in [0.29, 0.717) is 12.8 Å². The second-order valence-corrected chi connectivity index (χ2v) is 6.55. The van der Waals surface area contributed by atoms with Gasteiger partial charge >= 0.3 is 36.9 Å². The third-order valence-corrected chi connectivity index (χ3v) is 3.97. The molecular weight excluding hydrogens is 436 g/mol. The van der Waals surface area contributed by atoms with E-state index >= 15 is 0 Å². The summed E-state index contributed by atoms with van der Waals surface area (Å²) < 4.78 is 108. The highest BCUT2D eigenvalue weighted by atomic mass is 19.3. The Bertz CT molecular complexity index is 604. The fraction of sp³-hybridized carbons (Fsp3) is 0.750. The van der Waals surface area contributed by atoms with Gasteiger partial charge in [-0.25, -0.2) is 27.2 Å². The van der Waals surface area contributed by atoms with Gasteiger partial charge in [0.2, 0.25) is 0 Å². The number of alkyl carbamates (subject to hydrolysis) is 2. The molecule has 6 nitrogen and oxygen atoms in total. The maximum atomic E-state index is 12.7. The summed E-state index contributed by atoms with van der Waals surface area (Å²) in [6, 6.07) is 0. The molecule has 0 aromatic carbocycles. The van der Waals surface area contributed by atoms with Crippen LogP contribution in [-0.2, 0) is 9.47 Å². The summed E-state index contributed by atoms with van der Waals surface area (Å²) in [5.41, 5.74) is 0. The van der Waals surface area contributed by atoms with Gasteiger partial charge in [0.25, 0.3) is 0 Å². The van der Waals surface area contributed by atoms with Gasteiger partial charge in [0.15, 0.2) is 0 Å². The highest BCUT2D eigenvalue weighted by Crippen LogP contribution is 2.25. The number of carbonyl (C=O) groups excluding carboxylic acids is 2. The molecule has 2 amide bonds. The first-order chi connectivity index (χ1) is 13.8. The van der Waals surface area contributed by atoms with Gasteiger partial charge in [0.1, 0.15) is 0 Å². The third-order valence-electron chi connectivity index (χ3n) is 3.97. The highest BCUT2D eigenvalue weighted by Gasteiger charge is 2.41. The van der Waals surface area contributed by atoms with Crippen molar-refractivity contribution in [2.45, 2.75) is 37.5 Å². The number of hydrogen-bond acceptors (Lipinski definition) is 4. The van der Waals surface area contributed by atoms with Crippen LogP contribution in [0, 0.1) is 11.8 Å². The molecule has 174 valence electrons.